The van der Waals surface area contributed by atoms with Gasteiger partial charge in [0, 0.05) is 20.3 Å². The topological polar surface area (TPSA) is 115 Å². The monoisotopic (exact) mass is 412 g/mol. The SMILES string of the molecule is CC(=O)OC[C@@H]1O[C@H](n2cnc3c(Oc4ccccc4)ncnc32)C[C@H]1OC(C)=O. The lowest BCUT2D eigenvalue weighted by Crippen LogP contribution is -2.31. The van der Waals surface area contributed by atoms with E-state index >= 15 is 0 Å². The first-order chi connectivity index (χ1) is 14.5. The van der Waals surface area contributed by atoms with Crippen LogP contribution >= 0.6 is 0 Å². The third-order valence-electron chi connectivity index (χ3n) is 4.54. The zero-order valence-electron chi connectivity index (χ0n) is 16.4. The van der Waals surface area contributed by atoms with E-state index in [-0.39, 0.29) is 6.61 Å². The summed E-state index contributed by atoms with van der Waals surface area (Å²) in [5.74, 6) is 0.0667. The molecule has 1 aromatic carbocycles. The zero-order valence-corrected chi connectivity index (χ0v) is 16.4. The third-order valence-corrected chi connectivity index (χ3v) is 4.54. The van der Waals surface area contributed by atoms with Crippen molar-refractivity contribution in [3.63, 3.8) is 0 Å². The first-order valence-electron chi connectivity index (χ1n) is 9.37. The van der Waals surface area contributed by atoms with Crippen molar-refractivity contribution in [1.82, 2.24) is 19.5 Å². The maximum Gasteiger partial charge on any atom is 0.303 e. The number of hydrogen-bond acceptors (Lipinski definition) is 9. The Balaban J connectivity index is 1.59. The lowest BCUT2D eigenvalue weighted by molar-refractivity contribution is -0.155. The van der Waals surface area contributed by atoms with Gasteiger partial charge in [-0.05, 0) is 12.1 Å². The Morgan fingerprint density at radius 1 is 1.13 bits per heavy atom. The molecule has 0 unspecified atom stereocenters. The Morgan fingerprint density at radius 2 is 1.93 bits per heavy atom. The number of benzene rings is 1. The van der Waals surface area contributed by atoms with E-state index in [1.165, 1.54) is 20.2 Å². The molecule has 0 N–H and O–H groups in total. The van der Waals surface area contributed by atoms with Gasteiger partial charge >= 0.3 is 11.9 Å². The van der Waals surface area contributed by atoms with Crippen LogP contribution in [-0.2, 0) is 23.8 Å². The zero-order chi connectivity index (χ0) is 21.1. The van der Waals surface area contributed by atoms with Gasteiger partial charge in [-0.3, -0.25) is 14.2 Å². The van der Waals surface area contributed by atoms with Gasteiger partial charge in [0.1, 0.15) is 37.1 Å². The van der Waals surface area contributed by atoms with Crippen LogP contribution in [0, 0.1) is 0 Å². The van der Waals surface area contributed by atoms with Crippen molar-refractivity contribution in [2.75, 3.05) is 6.61 Å². The van der Waals surface area contributed by atoms with Crippen LogP contribution in [0.15, 0.2) is 43.0 Å². The molecule has 2 aromatic heterocycles. The molecule has 10 nitrogen and oxygen atoms in total. The van der Waals surface area contributed by atoms with Crippen molar-refractivity contribution in [3.8, 4) is 11.6 Å². The van der Waals surface area contributed by atoms with Gasteiger partial charge in [0.15, 0.2) is 11.2 Å². The second-order valence-electron chi connectivity index (χ2n) is 6.73. The molecule has 10 heteroatoms. The molecule has 0 radical (unpaired) electrons. The Bertz CT molecular complexity index is 1050. The Kier molecular flexibility index (Phi) is 5.57. The Morgan fingerprint density at radius 3 is 2.67 bits per heavy atom. The van der Waals surface area contributed by atoms with Gasteiger partial charge in [-0.15, -0.1) is 0 Å². The summed E-state index contributed by atoms with van der Waals surface area (Å²) in [7, 11) is 0. The van der Waals surface area contributed by atoms with Gasteiger partial charge in [-0.1, -0.05) is 18.2 Å². The van der Waals surface area contributed by atoms with E-state index in [9.17, 15) is 9.59 Å². The first-order valence-corrected chi connectivity index (χ1v) is 9.37. The summed E-state index contributed by atoms with van der Waals surface area (Å²) < 4.78 is 24.0. The van der Waals surface area contributed by atoms with E-state index in [4.69, 9.17) is 18.9 Å². The third kappa shape index (κ3) is 4.23. The molecule has 3 heterocycles. The molecule has 0 aliphatic carbocycles. The van der Waals surface area contributed by atoms with Crippen LogP contribution in [0.4, 0.5) is 0 Å². The molecule has 1 saturated heterocycles. The molecular weight excluding hydrogens is 392 g/mol. The van der Waals surface area contributed by atoms with E-state index in [2.05, 4.69) is 15.0 Å². The summed E-state index contributed by atoms with van der Waals surface area (Å²) in [5.41, 5.74) is 0.980. The van der Waals surface area contributed by atoms with Crippen LogP contribution in [0.25, 0.3) is 11.2 Å². The summed E-state index contributed by atoms with van der Waals surface area (Å²) in [5, 5.41) is 0. The van der Waals surface area contributed by atoms with Crippen LogP contribution < -0.4 is 4.74 Å². The van der Waals surface area contributed by atoms with Crippen molar-refractivity contribution < 1.29 is 28.5 Å². The predicted molar refractivity (Wildman–Crippen MR) is 103 cm³/mol. The number of fused-ring (bicyclic) bond motifs is 1. The number of carbonyl (C=O) groups is 2. The summed E-state index contributed by atoms with van der Waals surface area (Å²) >= 11 is 0. The van der Waals surface area contributed by atoms with Gasteiger partial charge in [-0.2, -0.15) is 4.98 Å². The molecule has 4 rings (SSSR count). The van der Waals surface area contributed by atoms with E-state index in [0.29, 0.717) is 29.2 Å². The van der Waals surface area contributed by atoms with Crippen molar-refractivity contribution in [3.05, 3.63) is 43.0 Å². The molecule has 156 valence electrons. The fourth-order valence-corrected chi connectivity index (χ4v) is 3.27. The van der Waals surface area contributed by atoms with Gasteiger partial charge in [0.2, 0.25) is 0 Å². The number of aromatic nitrogens is 4. The Labute approximate surface area is 171 Å². The predicted octanol–water partition coefficient (Wildman–Crippen LogP) is 2.40. The average Bonchev–Trinajstić information content (AvgIpc) is 3.31. The summed E-state index contributed by atoms with van der Waals surface area (Å²) in [6, 6.07) is 9.23. The highest BCUT2D eigenvalue weighted by molar-refractivity contribution is 5.76. The number of ether oxygens (including phenoxy) is 4. The standard InChI is InChI=1S/C20H20N4O6/c1-12(25)27-9-16-15(28-13(2)26)8-17(30-16)24-11-23-18-19(24)21-10-22-20(18)29-14-6-4-3-5-7-14/h3-7,10-11,15-17H,8-9H2,1-2H3/t15-,16+,17+/m1/s1. The van der Waals surface area contributed by atoms with E-state index in [1.54, 1.807) is 10.9 Å². The molecular formula is C20H20N4O6. The van der Waals surface area contributed by atoms with E-state index < -0.39 is 30.4 Å². The summed E-state index contributed by atoms with van der Waals surface area (Å²) in [4.78, 5) is 35.5. The van der Waals surface area contributed by atoms with Crippen LogP contribution in [-0.4, -0.2) is 50.3 Å². The average molecular weight is 412 g/mol. The molecule has 0 amide bonds. The van der Waals surface area contributed by atoms with Gasteiger partial charge < -0.3 is 18.9 Å². The van der Waals surface area contributed by atoms with Gasteiger partial charge in [0.25, 0.3) is 5.88 Å². The minimum absolute atomic E-state index is 0.0201. The van der Waals surface area contributed by atoms with Crippen molar-refractivity contribution in [1.29, 1.82) is 0 Å². The van der Waals surface area contributed by atoms with E-state index in [0.717, 1.165) is 0 Å². The number of hydrogen-bond donors (Lipinski definition) is 0. The normalized spacial score (nSPS) is 20.8. The molecule has 3 atom stereocenters. The highest BCUT2D eigenvalue weighted by Crippen LogP contribution is 2.34. The molecule has 0 spiro atoms. The lowest BCUT2D eigenvalue weighted by atomic mass is 10.2. The largest absolute Gasteiger partial charge is 0.463 e. The Hall–Kier alpha value is -3.53. The number of nitrogens with zero attached hydrogens (tertiary/aromatic N) is 4. The molecule has 0 saturated carbocycles. The van der Waals surface area contributed by atoms with Gasteiger partial charge in [0.05, 0.1) is 6.33 Å². The number of esters is 2. The smallest absolute Gasteiger partial charge is 0.303 e. The lowest BCUT2D eigenvalue weighted by Gasteiger charge is -2.17. The molecule has 1 aliphatic heterocycles. The van der Waals surface area contributed by atoms with Crippen LogP contribution in [0.1, 0.15) is 26.5 Å². The minimum atomic E-state index is -0.595. The molecule has 1 aliphatic rings. The summed E-state index contributed by atoms with van der Waals surface area (Å²) in [6.45, 7) is 2.61. The number of carbonyl (C=O) groups excluding carboxylic acids is 2. The first kappa shape index (κ1) is 19.8. The van der Waals surface area contributed by atoms with Crippen LogP contribution in [0.3, 0.4) is 0 Å². The van der Waals surface area contributed by atoms with Crippen molar-refractivity contribution in [2.24, 2.45) is 0 Å². The quantitative estimate of drug-likeness (QED) is 0.563. The second kappa shape index (κ2) is 8.46. The number of rotatable bonds is 6. The fraction of sp³-hybridized carbons (Fsp3) is 0.350. The molecule has 30 heavy (non-hydrogen) atoms. The maximum atomic E-state index is 11.5. The highest BCUT2D eigenvalue weighted by atomic mass is 16.6. The molecule has 0 bridgehead atoms. The van der Waals surface area contributed by atoms with Gasteiger partial charge in [-0.25, -0.2) is 9.97 Å². The highest BCUT2D eigenvalue weighted by Gasteiger charge is 2.40. The number of imidazole rings is 1. The van der Waals surface area contributed by atoms with Crippen LogP contribution in [0.5, 0.6) is 11.6 Å². The number of para-hydroxylation sites is 1. The minimum Gasteiger partial charge on any atom is -0.463 e. The summed E-state index contributed by atoms with van der Waals surface area (Å²) in [6.07, 6.45) is 1.64. The van der Waals surface area contributed by atoms with E-state index in [1.807, 2.05) is 30.3 Å². The molecule has 3 aromatic rings. The fourth-order valence-electron chi connectivity index (χ4n) is 3.27. The van der Waals surface area contributed by atoms with Crippen LogP contribution in [0.2, 0.25) is 0 Å². The van der Waals surface area contributed by atoms with Crippen molar-refractivity contribution in [2.45, 2.75) is 38.7 Å². The molecule has 1 fully saturated rings. The van der Waals surface area contributed by atoms with Crippen molar-refractivity contribution >= 4 is 23.1 Å². The second-order valence-corrected chi connectivity index (χ2v) is 6.73. The maximum absolute atomic E-state index is 11.5.